The molecule has 0 amide bonds. The van der Waals surface area contributed by atoms with Crippen molar-refractivity contribution in [1.29, 1.82) is 0 Å². The number of halogens is 2. The summed E-state index contributed by atoms with van der Waals surface area (Å²) in [5.41, 5.74) is 0.281. The lowest BCUT2D eigenvalue weighted by molar-refractivity contribution is 0.424. The van der Waals surface area contributed by atoms with Crippen LogP contribution < -0.4 is 10.6 Å². The van der Waals surface area contributed by atoms with E-state index in [1.54, 1.807) is 12.1 Å². The van der Waals surface area contributed by atoms with Gasteiger partial charge in [-0.2, -0.15) is 0 Å². The van der Waals surface area contributed by atoms with Crippen LogP contribution in [-0.4, -0.2) is 16.7 Å². The summed E-state index contributed by atoms with van der Waals surface area (Å²) in [6.45, 7) is 4.88. The molecule has 0 saturated heterocycles. The standard InChI is InChI=1S/C13H16BrFN4O/c1-3-6-16-8(2)12-18-19-13(20-12)17-11-7-9(14)4-5-10(11)15/h4-5,7-8,16H,3,6H2,1-2H3,(H,17,19). The fraction of sp³-hybridized carbons (Fsp3) is 0.385. The van der Waals surface area contributed by atoms with E-state index in [2.05, 4.69) is 43.7 Å². The molecule has 0 aliphatic rings. The van der Waals surface area contributed by atoms with Crippen LogP contribution in [0, 0.1) is 5.82 Å². The van der Waals surface area contributed by atoms with Crippen LogP contribution in [0.5, 0.6) is 0 Å². The Morgan fingerprint density at radius 1 is 1.40 bits per heavy atom. The van der Waals surface area contributed by atoms with Crippen molar-refractivity contribution in [1.82, 2.24) is 15.5 Å². The molecule has 0 bridgehead atoms. The normalized spacial score (nSPS) is 12.4. The summed E-state index contributed by atoms with van der Waals surface area (Å²) in [5, 5.41) is 13.8. The van der Waals surface area contributed by atoms with Crippen molar-refractivity contribution in [3.63, 3.8) is 0 Å². The van der Waals surface area contributed by atoms with Gasteiger partial charge in [-0.3, -0.25) is 0 Å². The third kappa shape index (κ3) is 3.77. The average molecular weight is 343 g/mol. The van der Waals surface area contributed by atoms with Crippen molar-refractivity contribution >= 4 is 27.6 Å². The van der Waals surface area contributed by atoms with E-state index in [0.717, 1.165) is 17.4 Å². The maximum absolute atomic E-state index is 13.6. The Morgan fingerprint density at radius 2 is 2.20 bits per heavy atom. The van der Waals surface area contributed by atoms with Crippen LogP contribution in [0.15, 0.2) is 27.1 Å². The zero-order chi connectivity index (χ0) is 14.5. The Balaban J connectivity index is 2.07. The second-order valence-corrected chi connectivity index (χ2v) is 5.29. The second kappa shape index (κ2) is 6.81. The molecule has 1 aromatic carbocycles. The lowest BCUT2D eigenvalue weighted by atomic mass is 10.3. The summed E-state index contributed by atoms with van der Waals surface area (Å²) < 4.78 is 19.8. The second-order valence-electron chi connectivity index (χ2n) is 4.37. The van der Waals surface area contributed by atoms with Gasteiger partial charge in [0.1, 0.15) is 5.82 Å². The molecule has 5 nitrogen and oxygen atoms in total. The van der Waals surface area contributed by atoms with Gasteiger partial charge >= 0.3 is 6.01 Å². The van der Waals surface area contributed by atoms with Crippen molar-refractivity contribution in [2.24, 2.45) is 0 Å². The van der Waals surface area contributed by atoms with Gasteiger partial charge < -0.3 is 15.1 Å². The van der Waals surface area contributed by atoms with Gasteiger partial charge in [0, 0.05) is 4.47 Å². The molecule has 2 aromatic rings. The van der Waals surface area contributed by atoms with Crippen LogP contribution in [-0.2, 0) is 0 Å². The Hall–Kier alpha value is -1.47. The van der Waals surface area contributed by atoms with Gasteiger partial charge in [-0.15, -0.1) is 5.10 Å². The number of hydrogen-bond acceptors (Lipinski definition) is 5. The SMILES string of the molecule is CCCNC(C)c1nnc(Nc2cc(Br)ccc2F)o1. The van der Waals surface area contributed by atoms with Crippen molar-refractivity contribution in [3.05, 3.63) is 34.4 Å². The molecule has 1 heterocycles. The molecule has 2 rings (SSSR count). The lowest BCUT2D eigenvalue weighted by Gasteiger charge is -2.07. The third-order valence-electron chi connectivity index (χ3n) is 2.68. The molecule has 0 fully saturated rings. The Morgan fingerprint density at radius 3 is 2.95 bits per heavy atom. The summed E-state index contributed by atoms with van der Waals surface area (Å²) >= 11 is 3.28. The molecule has 1 unspecified atom stereocenters. The minimum Gasteiger partial charge on any atom is -0.406 e. The number of hydrogen-bond donors (Lipinski definition) is 2. The zero-order valence-corrected chi connectivity index (χ0v) is 12.9. The number of anilines is 2. The Labute approximate surface area is 125 Å². The molecule has 0 spiro atoms. The highest BCUT2D eigenvalue weighted by Crippen LogP contribution is 2.24. The van der Waals surface area contributed by atoms with Gasteiger partial charge in [-0.05, 0) is 38.1 Å². The lowest BCUT2D eigenvalue weighted by Crippen LogP contribution is -2.19. The van der Waals surface area contributed by atoms with Crippen LogP contribution in [0.4, 0.5) is 16.1 Å². The van der Waals surface area contributed by atoms with Crippen LogP contribution in [0.2, 0.25) is 0 Å². The maximum Gasteiger partial charge on any atom is 0.320 e. The molecule has 0 saturated carbocycles. The zero-order valence-electron chi connectivity index (χ0n) is 11.3. The van der Waals surface area contributed by atoms with Crippen LogP contribution >= 0.6 is 15.9 Å². The smallest absolute Gasteiger partial charge is 0.320 e. The van der Waals surface area contributed by atoms with E-state index in [9.17, 15) is 4.39 Å². The first-order valence-electron chi connectivity index (χ1n) is 6.39. The maximum atomic E-state index is 13.6. The molecule has 0 aliphatic heterocycles. The van der Waals surface area contributed by atoms with E-state index in [-0.39, 0.29) is 23.6 Å². The van der Waals surface area contributed by atoms with Crippen LogP contribution in [0.1, 0.15) is 32.2 Å². The monoisotopic (exact) mass is 342 g/mol. The first-order valence-corrected chi connectivity index (χ1v) is 7.18. The first kappa shape index (κ1) is 14.9. The molecule has 1 aromatic heterocycles. The van der Waals surface area contributed by atoms with Crippen molar-refractivity contribution in [3.8, 4) is 0 Å². The third-order valence-corrected chi connectivity index (χ3v) is 3.17. The predicted molar refractivity (Wildman–Crippen MR) is 78.4 cm³/mol. The number of nitrogens with one attached hydrogen (secondary N) is 2. The molecule has 0 radical (unpaired) electrons. The molecule has 20 heavy (non-hydrogen) atoms. The fourth-order valence-electron chi connectivity index (χ4n) is 1.62. The van der Waals surface area contributed by atoms with Crippen molar-refractivity contribution in [2.75, 3.05) is 11.9 Å². The number of rotatable bonds is 6. The summed E-state index contributed by atoms with van der Waals surface area (Å²) in [6, 6.07) is 4.72. The Kier molecular flexibility index (Phi) is 5.08. The highest BCUT2D eigenvalue weighted by molar-refractivity contribution is 9.10. The summed E-state index contributed by atoms with van der Waals surface area (Å²) in [4.78, 5) is 0. The largest absolute Gasteiger partial charge is 0.406 e. The van der Waals surface area contributed by atoms with Crippen LogP contribution in [0.3, 0.4) is 0 Å². The van der Waals surface area contributed by atoms with E-state index >= 15 is 0 Å². The quantitative estimate of drug-likeness (QED) is 0.836. The van der Waals surface area contributed by atoms with Gasteiger partial charge in [-0.25, -0.2) is 4.39 Å². The topological polar surface area (TPSA) is 63.0 Å². The summed E-state index contributed by atoms with van der Waals surface area (Å²) in [5.74, 6) is 0.0847. The van der Waals surface area contributed by atoms with Gasteiger partial charge in [0.25, 0.3) is 0 Å². The first-order chi connectivity index (χ1) is 9.60. The Bertz CT molecular complexity index is 575. The van der Waals surface area contributed by atoms with Crippen molar-refractivity contribution < 1.29 is 8.81 Å². The predicted octanol–water partition coefficient (Wildman–Crippen LogP) is 3.78. The van der Waals surface area contributed by atoms with Gasteiger partial charge in [0.05, 0.1) is 11.7 Å². The summed E-state index contributed by atoms with van der Waals surface area (Å²) in [7, 11) is 0. The highest BCUT2D eigenvalue weighted by Gasteiger charge is 2.14. The molecule has 0 aliphatic carbocycles. The van der Waals surface area contributed by atoms with E-state index in [4.69, 9.17) is 4.42 Å². The molecular weight excluding hydrogens is 327 g/mol. The molecule has 108 valence electrons. The van der Waals surface area contributed by atoms with Gasteiger partial charge in [0.15, 0.2) is 0 Å². The van der Waals surface area contributed by atoms with E-state index in [0.29, 0.717) is 5.89 Å². The minimum absolute atomic E-state index is 0.0367. The molecular formula is C13H16BrFN4O. The van der Waals surface area contributed by atoms with Crippen LogP contribution in [0.25, 0.3) is 0 Å². The molecule has 2 N–H and O–H groups in total. The number of aromatic nitrogens is 2. The fourth-order valence-corrected chi connectivity index (χ4v) is 1.98. The van der Waals surface area contributed by atoms with E-state index in [1.807, 2.05) is 6.92 Å². The molecule has 1 atom stereocenters. The molecule has 7 heteroatoms. The number of nitrogens with zero attached hydrogens (tertiary/aromatic N) is 2. The van der Waals surface area contributed by atoms with Crippen molar-refractivity contribution in [2.45, 2.75) is 26.3 Å². The number of benzene rings is 1. The van der Waals surface area contributed by atoms with E-state index in [1.165, 1.54) is 6.07 Å². The highest BCUT2D eigenvalue weighted by atomic mass is 79.9. The summed E-state index contributed by atoms with van der Waals surface area (Å²) in [6.07, 6.45) is 1.02. The van der Waals surface area contributed by atoms with Gasteiger partial charge in [-0.1, -0.05) is 28.0 Å². The average Bonchev–Trinajstić information content (AvgIpc) is 2.89. The van der Waals surface area contributed by atoms with Gasteiger partial charge in [0.2, 0.25) is 5.89 Å². The minimum atomic E-state index is -0.384. The van der Waals surface area contributed by atoms with E-state index < -0.39 is 0 Å².